The Labute approximate surface area is 246 Å². The van der Waals surface area contributed by atoms with Crippen LogP contribution in [0.4, 0.5) is 4.79 Å². The van der Waals surface area contributed by atoms with E-state index in [9.17, 15) is 14.4 Å². The number of carbonyl (C=O) groups excluding carboxylic acids is 3. The molecular formula is C33H37N5O4. The van der Waals surface area contributed by atoms with Gasteiger partial charge in [0.25, 0.3) is 5.91 Å². The first-order valence-corrected chi connectivity index (χ1v) is 14.3. The maximum absolute atomic E-state index is 14.1. The maximum Gasteiger partial charge on any atom is 0.332 e. The van der Waals surface area contributed by atoms with Gasteiger partial charge in [-0.3, -0.25) is 14.6 Å². The van der Waals surface area contributed by atoms with Crippen molar-refractivity contribution in [3.63, 3.8) is 0 Å². The smallest absolute Gasteiger partial charge is 0.332 e. The fourth-order valence-corrected chi connectivity index (χ4v) is 5.52. The lowest BCUT2D eigenvalue weighted by Crippen LogP contribution is -2.62. The molecule has 2 fully saturated rings. The molecule has 5 rings (SSSR count). The molecule has 2 heterocycles. The second-order valence-electron chi connectivity index (χ2n) is 10.4. The molecule has 0 radical (unpaired) electrons. The Morgan fingerprint density at radius 3 is 2.43 bits per heavy atom. The minimum atomic E-state index is -0.816. The summed E-state index contributed by atoms with van der Waals surface area (Å²) in [6.45, 7) is 7.54. The van der Waals surface area contributed by atoms with E-state index >= 15 is 0 Å². The lowest BCUT2D eigenvalue weighted by molar-refractivity contribution is -0.158. The number of ether oxygens (including phenoxy) is 1. The Morgan fingerprint density at radius 1 is 1.02 bits per heavy atom. The normalized spacial score (nSPS) is 18.5. The van der Waals surface area contributed by atoms with Gasteiger partial charge >= 0.3 is 6.03 Å². The quantitative estimate of drug-likeness (QED) is 0.349. The summed E-state index contributed by atoms with van der Waals surface area (Å²) in [5.41, 5.74) is 2.58. The largest absolute Gasteiger partial charge is 0.493 e. The van der Waals surface area contributed by atoms with Crippen LogP contribution in [-0.4, -0.2) is 70.1 Å². The Bertz CT molecular complexity index is 1400. The van der Waals surface area contributed by atoms with Gasteiger partial charge in [0, 0.05) is 18.7 Å². The predicted molar refractivity (Wildman–Crippen MR) is 160 cm³/mol. The first-order valence-electron chi connectivity index (χ1n) is 14.3. The molecule has 3 aromatic carbocycles. The summed E-state index contributed by atoms with van der Waals surface area (Å²) < 4.78 is 5.98. The van der Waals surface area contributed by atoms with Gasteiger partial charge in [0.1, 0.15) is 18.0 Å². The van der Waals surface area contributed by atoms with Gasteiger partial charge in [-0.25, -0.2) is 4.79 Å². The van der Waals surface area contributed by atoms with Crippen molar-refractivity contribution >= 4 is 17.8 Å². The van der Waals surface area contributed by atoms with Crippen LogP contribution in [0.15, 0.2) is 97.6 Å². The third kappa shape index (κ3) is 6.16. The highest BCUT2D eigenvalue weighted by atomic mass is 16.5. The molecule has 9 heteroatoms. The van der Waals surface area contributed by atoms with Crippen LogP contribution >= 0.6 is 0 Å². The van der Waals surface area contributed by atoms with Crippen molar-refractivity contribution in [2.45, 2.75) is 38.6 Å². The SMILES string of the molecule is C=CCN(C(=O)NCc1ccccc1)N1CC(=O)N2[C@@H](c3ccccc3)C(=O)N(Cc3ccccc3OCCC)C[C@@H]21. The third-order valence-electron chi connectivity index (χ3n) is 7.50. The third-order valence-corrected chi connectivity index (χ3v) is 7.50. The Morgan fingerprint density at radius 2 is 1.71 bits per heavy atom. The highest BCUT2D eigenvalue weighted by Crippen LogP contribution is 2.37. The molecule has 9 nitrogen and oxygen atoms in total. The zero-order chi connectivity index (χ0) is 29.5. The number of hydrogen-bond donors (Lipinski definition) is 1. The Hall–Kier alpha value is -4.63. The van der Waals surface area contributed by atoms with E-state index in [0.717, 1.165) is 28.9 Å². The molecule has 42 heavy (non-hydrogen) atoms. The number of nitrogens with zero attached hydrogens (tertiary/aromatic N) is 4. The number of nitrogens with one attached hydrogen (secondary N) is 1. The van der Waals surface area contributed by atoms with Crippen molar-refractivity contribution in [1.29, 1.82) is 0 Å². The maximum atomic E-state index is 14.1. The van der Waals surface area contributed by atoms with Crippen molar-refractivity contribution in [3.8, 4) is 5.75 Å². The van der Waals surface area contributed by atoms with E-state index in [0.29, 0.717) is 19.7 Å². The highest BCUT2D eigenvalue weighted by Gasteiger charge is 2.52. The van der Waals surface area contributed by atoms with Crippen molar-refractivity contribution < 1.29 is 19.1 Å². The van der Waals surface area contributed by atoms with Gasteiger partial charge in [-0.2, -0.15) is 5.01 Å². The summed E-state index contributed by atoms with van der Waals surface area (Å²) in [5, 5.41) is 6.26. The molecule has 0 spiro atoms. The summed E-state index contributed by atoms with van der Waals surface area (Å²) in [6.07, 6.45) is 1.95. The van der Waals surface area contributed by atoms with Gasteiger partial charge in [-0.1, -0.05) is 91.9 Å². The lowest BCUT2D eigenvalue weighted by Gasteiger charge is -2.46. The van der Waals surface area contributed by atoms with Crippen molar-refractivity contribution in [1.82, 2.24) is 25.1 Å². The molecule has 2 saturated heterocycles. The van der Waals surface area contributed by atoms with Crippen LogP contribution in [0.5, 0.6) is 5.75 Å². The second kappa shape index (κ2) is 13.4. The van der Waals surface area contributed by atoms with Gasteiger partial charge < -0.3 is 19.9 Å². The number of carbonyl (C=O) groups is 3. The van der Waals surface area contributed by atoms with Crippen LogP contribution in [0, 0.1) is 0 Å². The monoisotopic (exact) mass is 567 g/mol. The average molecular weight is 568 g/mol. The molecule has 4 amide bonds. The van der Waals surface area contributed by atoms with E-state index in [-0.39, 0.29) is 37.5 Å². The number of para-hydroxylation sites is 1. The number of urea groups is 1. The second-order valence-corrected chi connectivity index (χ2v) is 10.4. The fourth-order valence-electron chi connectivity index (χ4n) is 5.52. The number of hydrazine groups is 1. The van der Waals surface area contributed by atoms with Crippen LogP contribution in [0.3, 0.4) is 0 Å². The van der Waals surface area contributed by atoms with E-state index in [1.165, 1.54) is 5.01 Å². The molecule has 0 aromatic heterocycles. The summed E-state index contributed by atoms with van der Waals surface area (Å²) in [6, 6.07) is 25.5. The Balaban J connectivity index is 1.45. The van der Waals surface area contributed by atoms with Gasteiger partial charge in [0.15, 0.2) is 0 Å². The summed E-state index contributed by atoms with van der Waals surface area (Å²) >= 11 is 0. The number of benzene rings is 3. The van der Waals surface area contributed by atoms with E-state index < -0.39 is 12.2 Å². The minimum Gasteiger partial charge on any atom is -0.493 e. The first-order chi connectivity index (χ1) is 20.5. The van der Waals surface area contributed by atoms with Crippen LogP contribution in [-0.2, 0) is 22.7 Å². The summed E-state index contributed by atoms with van der Waals surface area (Å²) in [5.74, 6) is 0.360. The lowest BCUT2D eigenvalue weighted by atomic mass is 10.00. The zero-order valence-corrected chi connectivity index (χ0v) is 23.9. The molecule has 218 valence electrons. The highest BCUT2D eigenvalue weighted by molar-refractivity contribution is 5.92. The zero-order valence-electron chi connectivity index (χ0n) is 23.9. The molecule has 0 unspecified atom stereocenters. The minimum absolute atomic E-state index is 0.0298. The van der Waals surface area contributed by atoms with Crippen molar-refractivity contribution in [2.75, 3.05) is 26.2 Å². The molecule has 0 saturated carbocycles. The van der Waals surface area contributed by atoms with E-state index in [2.05, 4.69) is 11.9 Å². The number of hydrogen-bond acceptors (Lipinski definition) is 5. The van der Waals surface area contributed by atoms with E-state index in [4.69, 9.17) is 4.74 Å². The summed E-state index contributed by atoms with van der Waals surface area (Å²) in [4.78, 5) is 44.6. The van der Waals surface area contributed by atoms with Crippen LogP contribution in [0.1, 0.15) is 36.1 Å². The standard InChI is InChI=1S/C33H37N5O4/c1-3-19-36(33(41)34-21-25-13-7-5-8-14-25)37-24-30(39)38-29(37)23-35(32(40)31(38)26-15-9-6-10-16-26)22-27-17-11-12-18-28(27)42-20-4-2/h3,5-18,29,31H,1,4,19-24H2,2H3,(H,34,41)/t29-,31+/m1/s1. The first kappa shape index (κ1) is 28.9. The fraction of sp³-hybridized carbons (Fsp3) is 0.303. The number of amides is 4. The van der Waals surface area contributed by atoms with Gasteiger partial charge in [-0.05, 0) is 23.6 Å². The van der Waals surface area contributed by atoms with Gasteiger partial charge in [0.2, 0.25) is 5.91 Å². The summed E-state index contributed by atoms with van der Waals surface area (Å²) in [7, 11) is 0. The molecule has 2 aliphatic heterocycles. The Kier molecular flexibility index (Phi) is 9.18. The van der Waals surface area contributed by atoms with E-state index in [1.807, 2.05) is 91.9 Å². The topological polar surface area (TPSA) is 85.4 Å². The van der Waals surface area contributed by atoms with Crippen molar-refractivity contribution in [2.24, 2.45) is 0 Å². The number of piperazine rings is 1. The average Bonchev–Trinajstić information content (AvgIpc) is 3.34. The molecule has 0 aliphatic carbocycles. The van der Waals surface area contributed by atoms with Crippen LogP contribution in [0.2, 0.25) is 0 Å². The van der Waals surface area contributed by atoms with Gasteiger partial charge in [0.05, 0.1) is 26.2 Å². The molecule has 3 aromatic rings. The predicted octanol–water partition coefficient (Wildman–Crippen LogP) is 4.34. The van der Waals surface area contributed by atoms with Crippen LogP contribution in [0.25, 0.3) is 0 Å². The number of rotatable bonds is 11. The van der Waals surface area contributed by atoms with Crippen LogP contribution < -0.4 is 10.1 Å². The molecule has 1 N–H and O–H groups in total. The molecular weight excluding hydrogens is 530 g/mol. The van der Waals surface area contributed by atoms with E-state index in [1.54, 1.807) is 20.9 Å². The van der Waals surface area contributed by atoms with Gasteiger partial charge in [-0.15, -0.1) is 6.58 Å². The number of fused-ring (bicyclic) bond motifs is 1. The van der Waals surface area contributed by atoms with Crippen molar-refractivity contribution in [3.05, 3.63) is 114 Å². The molecule has 2 atom stereocenters. The molecule has 0 bridgehead atoms. The molecule has 2 aliphatic rings.